The van der Waals surface area contributed by atoms with Crippen molar-refractivity contribution in [3.05, 3.63) is 29.3 Å². The monoisotopic (exact) mass is 291 g/mol. The van der Waals surface area contributed by atoms with Crippen molar-refractivity contribution >= 4 is 18.0 Å². The van der Waals surface area contributed by atoms with Crippen LogP contribution in [0.25, 0.3) is 6.08 Å². The molecule has 1 aromatic rings. The molecule has 1 N–H and O–H groups in total. The molecule has 0 bridgehead atoms. The molecule has 1 atom stereocenters. The van der Waals surface area contributed by atoms with E-state index in [-0.39, 0.29) is 12.5 Å². The van der Waals surface area contributed by atoms with Crippen LogP contribution in [0.15, 0.2) is 23.8 Å². The van der Waals surface area contributed by atoms with Crippen LogP contribution in [0.2, 0.25) is 0 Å². The molecule has 112 valence electrons. The van der Waals surface area contributed by atoms with Crippen LogP contribution in [0.4, 0.5) is 0 Å². The van der Waals surface area contributed by atoms with Crippen LogP contribution in [0.1, 0.15) is 12.5 Å². The predicted octanol–water partition coefficient (Wildman–Crippen LogP) is 1.40. The number of para-hydroxylation sites is 1. The largest absolute Gasteiger partial charge is 0.493 e. The summed E-state index contributed by atoms with van der Waals surface area (Å²) in [5.41, 5.74) is 1.15. The second kappa shape index (κ2) is 5.87. The molecule has 0 aromatic heterocycles. The number of ether oxygens (including phenoxy) is 2. The highest BCUT2D eigenvalue weighted by molar-refractivity contribution is 6.00. The normalized spacial score (nSPS) is 14.3. The van der Waals surface area contributed by atoms with Gasteiger partial charge in [-0.05, 0) is 19.1 Å². The highest BCUT2D eigenvalue weighted by Crippen LogP contribution is 2.35. The van der Waals surface area contributed by atoms with Crippen LogP contribution in [0.3, 0.4) is 0 Å². The van der Waals surface area contributed by atoms with Gasteiger partial charge in [0, 0.05) is 12.6 Å². The third kappa shape index (κ3) is 2.84. The van der Waals surface area contributed by atoms with E-state index in [1.165, 1.54) is 18.9 Å². The van der Waals surface area contributed by atoms with E-state index in [1.807, 2.05) is 6.07 Å². The number of likely N-dealkylation sites (N-methyl/N-ethyl adjacent to an activating group) is 1. The maximum atomic E-state index is 12.3. The maximum Gasteiger partial charge on any atom is 0.326 e. The summed E-state index contributed by atoms with van der Waals surface area (Å²) in [7, 11) is 3.01. The molecule has 1 aromatic carbocycles. The van der Waals surface area contributed by atoms with Gasteiger partial charge >= 0.3 is 5.97 Å². The minimum absolute atomic E-state index is 0.0862. The molecule has 1 unspecified atom stereocenters. The quantitative estimate of drug-likeness (QED) is 0.907. The molecule has 6 heteroatoms. The Kier molecular flexibility index (Phi) is 4.16. The Morgan fingerprint density at radius 2 is 2.14 bits per heavy atom. The van der Waals surface area contributed by atoms with E-state index >= 15 is 0 Å². The smallest absolute Gasteiger partial charge is 0.326 e. The number of hydrogen-bond donors (Lipinski definition) is 1. The van der Waals surface area contributed by atoms with Crippen molar-refractivity contribution in [2.45, 2.75) is 13.0 Å². The number of amides is 1. The first kappa shape index (κ1) is 14.9. The zero-order chi connectivity index (χ0) is 15.6. The number of carboxylic acid groups (broad SMARTS) is 1. The number of carbonyl (C=O) groups is 2. The maximum absolute atomic E-state index is 12.3. The van der Waals surface area contributed by atoms with Crippen LogP contribution in [0.5, 0.6) is 11.5 Å². The van der Waals surface area contributed by atoms with Gasteiger partial charge in [-0.3, -0.25) is 4.79 Å². The number of hydrogen-bond acceptors (Lipinski definition) is 4. The van der Waals surface area contributed by atoms with Gasteiger partial charge in [-0.2, -0.15) is 0 Å². The summed E-state index contributed by atoms with van der Waals surface area (Å²) in [6.45, 7) is 1.55. The Morgan fingerprint density at radius 1 is 1.43 bits per heavy atom. The van der Waals surface area contributed by atoms with Crippen LogP contribution in [-0.2, 0) is 9.59 Å². The van der Waals surface area contributed by atoms with Gasteiger partial charge < -0.3 is 19.5 Å². The van der Waals surface area contributed by atoms with Crippen molar-refractivity contribution in [3.63, 3.8) is 0 Å². The first-order chi connectivity index (χ1) is 9.95. The first-order valence-corrected chi connectivity index (χ1v) is 6.46. The van der Waals surface area contributed by atoms with Gasteiger partial charge in [0.05, 0.1) is 12.7 Å². The molecule has 0 saturated heterocycles. The fourth-order valence-corrected chi connectivity index (χ4v) is 2.03. The van der Waals surface area contributed by atoms with Gasteiger partial charge in [-0.25, -0.2) is 4.79 Å². The predicted molar refractivity (Wildman–Crippen MR) is 76.3 cm³/mol. The molecule has 1 heterocycles. The summed E-state index contributed by atoms with van der Waals surface area (Å²) in [6.07, 6.45) is 1.70. The molecule has 6 nitrogen and oxygen atoms in total. The third-order valence-corrected chi connectivity index (χ3v) is 3.46. The third-order valence-electron chi connectivity index (χ3n) is 3.46. The SMILES string of the molecule is COc1cccc2c1OCC(C(=O)N(C)C(C)C(=O)O)=C2. The minimum Gasteiger partial charge on any atom is -0.493 e. The molecule has 0 radical (unpaired) electrons. The molecule has 0 spiro atoms. The molecule has 0 saturated carbocycles. The zero-order valence-electron chi connectivity index (χ0n) is 12.1. The number of carbonyl (C=O) groups excluding carboxylic acids is 1. The standard InChI is InChI=1S/C15H17NO5/c1-9(15(18)19)16(2)14(17)11-7-10-5-4-6-12(20-3)13(10)21-8-11/h4-7,9H,8H2,1-3H3,(H,18,19). The van der Waals surface area contributed by atoms with Crippen molar-refractivity contribution < 1.29 is 24.2 Å². The average Bonchev–Trinajstić information content (AvgIpc) is 2.51. The Labute approximate surface area is 122 Å². The van der Waals surface area contributed by atoms with Crippen molar-refractivity contribution in [2.24, 2.45) is 0 Å². The van der Waals surface area contributed by atoms with Gasteiger partial charge in [0.15, 0.2) is 11.5 Å². The summed E-state index contributed by atoms with van der Waals surface area (Å²) in [5, 5.41) is 8.96. The second-order valence-electron chi connectivity index (χ2n) is 4.77. The Hall–Kier alpha value is -2.50. The van der Waals surface area contributed by atoms with E-state index < -0.39 is 12.0 Å². The number of carboxylic acids is 1. The molecule has 0 fully saturated rings. The van der Waals surface area contributed by atoms with Crippen LogP contribution >= 0.6 is 0 Å². The van der Waals surface area contributed by atoms with E-state index in [9.17, 15) is 9.59 Å². The Balaban J connectivity index is 2.28. The van der Waals surface area contributed by atoms with Gasteiger partial charge in [0.2, 0.25) is 0 Å². The minimum atomic E-state index is -1.05. The van der Waals surface area contributed by atoms with Crippen LogP contribution in [0, 0.1) is 0 Å². The van der Waals surface area contributed by atoms with Crippen molar-refractivity contribution in [1.82, 2.24) is 4.90 Å². The fourth-order valence-electron chi connectivity index (χ4n) is 2.03. The summed E-state index contributed by atoms with van der Waals surface area (Å²) >= 11 is 0. The number of nitrogens with zero attached hydrogens (tertiary/aromatic N) is 1. The van der Waals surface area contributed by atoms with E-state index in [2.05, 4.69) is 0 Å². The number of methoxy groups -OCH3 is 1. The van der Waals surface area contributed by atoms with E-state index in [4.69, 9.17) is 14.6 Å². The molecule has 1 aliphatic heterocycles. The summed E-state index contributed by atoms with van der Waals surface area (Å²) in [6, 6.07) is 4.49. The van der Waals surface area contributed by atoms with Crippen LogP contribution < -0.4 is 9.47 Å². The van der Waals surface area contributed by atoms with E-state index in [1.54, 1.807) is 25.3 Å². The summed E-state index contributed by atoms with van der Waals surface area (Å²) in [4.78, 5) is 24.4. The van der Waals surface area contributed by atoms with E-state index in [0.717, 1.165) is 5.56 Å². The molecule has 2 rings (SSSR count). The van der Waals surface area contributed by atoms with Crippen molar-refractivity contribution in [3.8, 4) is 11.5 Å². The Bertz CT molecular complexity index is 608. The lowest BCUT2D eigenvalue weighted by atomic mass is 10.1. The molecule has 0 aliphatic carbocycles. The molecule has 1 aliphatic rings. The Morgan fingerprint density at radius 3 is 2.76 bits per heavy atom. The van der Waals surface area contributed by atoms with Crippen molar-refractivity contribution in [2.75, 3.05) is 20.8 Å². The van der Waals surface area contributed by atoms with E-state index in [0.29, 0.717) is 17.1 Å². The highest BCUT2D eigenvalue weighted by Gasteiger charge is 2.27. The fraction of sp³-hybridized carbons (Fsp3) is 0.333. The summed E-state index contributed by atoms with van der Waals surface area (Å²) < 4.78 is 10.8. The molecule has 1 amide bonds. The first-order valence-electron chi connectivity index (χ1n) is 6.46. The highest BCUT2D eigenvalue weighted by atomic mass is 16.5. The molecular weight excluding hydrogens is 274 g/mol. The average molecular weight is 291 g/mol. The number of rotatable bonds is 4. The van der Waals surface area contributed by atoms with Gasteiger partial charge in [0.25, 0.3) is 5.91 Å². The van der Waals surface area contributed by atoms with Gasteiger partial charge in [-0.1, -0.05) is 12.1 Å². The number of benzene rings is 1. The lowest BCUT2D eigenvalue weighted by Gasteiger charge is -2.25. The van der Waals surface area contributed by atoms with Gasteiger partial charge in [0.1, 0.15) is 12.6 Å². The lowest BCUT2D eigenvalue weighted by molar-refractivity contribution is -0.147. The number of fused-ring (bicyclic) bond motifs is 1. The van der Waals surface area contributed by atoms with Crippen LogP contribution in [-0.4, -0.2) is 48.7 Å². The zero-order valence-corrected chi connectivity index (χ0v) is 12.1. The summed E-state index contributed by atoms with van der Waals surface area (Å²) in [5.74, 6) is -0.225. The number of aliphatic carboxylic acids is 1. The molecule has 21 heavy (non-hydrogen) atoms. The van der Waals surface area contributed by atoms with Gasteiger partial charge in [-0.15, -0.1) is 0 Å². The lowest BCUT2D eigenvalue weighted by Crippen LogP contribution is -2.42. The molecular formula is C15H17NO5. The van der Waals surface area contributed by atoms with Crippen molar-refractivity contribution in [1.29, 1.82) is 0 Å². The topological polar surface area (TPSA) is 76.1 Å². The second-order valence-corrected chi connectivity index (χ2v) is 4.77.